The van der Waals surface area contributed by atoms with Crippen molar-refractivity contribution in [3.05, 3.63) is 11.6 Å². The first-order valence-electron chi connectivity index (χ1n) is 12.7. The summed E-state index contributed by atoms with van der Waals surface area (Å²) in [7, 11) is 0. The Morgan fingerprint density at radius 2 is 1.93 bits per heavy atom. The van der Waals surface area contributed by atoms with Gasteiger partial charge in [0, 0.05) is 12.5 Å². The average molecular weight is 412 g/mol. The molecule has 3 fully saturated rings. The van der Waals surface area contributed by atoms with E-state index in [0.717, 1.165) is 55.7 Å². The van der Waals surface area contributed by atoms with E-state index < -0.39 is 0 Å². The molecule has 0 amide bonds. The molecule has 4 aliphatic carbocycles. The molecular weight excluding hydrogens is 370 g/mol. The van der Waals surface area contributed by atoms with E-state index in [1.807, 2.05) is 0 Å². The minimum absolute atomic E-state index is 0.121. The van der Waals surface area contributed by atoms with E-state index in [9.17, 15) is 9.90 Å². The monoisotopic (exact) mass is 411 g/mol. The van der Waals surface area contributed by atoms with Gasteiger partial charge in [0.2, 0.25) is 0 Å². The van der Waals surface area contributed by atoms with Crippen LogP contribution in [0.3, 0.4) is 0 Å². The van der Waals surface area contributed by atoms with Gasteiger partial charge in [-0.05, 0) is 98.2 Å². The molecule has 0 bridgehead atoms. The van der Waals surface area contributed by atoms with Crippen LogP contribution in [0.25, 0.3) is 0 Å². The molecule has 0 aromatic carbocycles. The highest BCUT2D eigenvalue weighted by Gasteiger charge is 2.59. The van der Waals surface area contributed by atoms with Crippen LogP contribution in [0, 0.1) is 46.3 Å². The summed E-state index contributed by atoms with van der Waals surface area (Å²) in [5, 5.41) is 10.2. The third-order valence-electron chi connectivity index (χ3n) is 10.6. The number of aliphatic imine (C=N–C) groups is 1. The highest BCUT2D eigenvalue weighted by molar-refractivity contribution is 6.41. The van der Waals surface area contributed by atoms with Crippen LogP contribution >= 0.6 is 0 Å². The second-order valence-electron chi connectivity index (χ2n) is 12.1. The number of allylic oxidation sites excluding steroid dienone is 1. The molecule has 5 rings (SSSR count). The zero-order chi connectivity index (χ0) is 21.3. The van der Waals surface area contributed by atoms with Crippen molar-refractivity contribution in [1.29, 1.82) is 0 Å². The minimum Gasteiger partial charge on any atom is -0.393 e. The summed E-state index contributed by atoms with van der Waals surface area (Å²) in [4.78, 5) is 17.9. The number of Topliss-reactive ketones (excluding diaryl/α,β-unsaturated/α-hetero) is 1. The molecule has 4 unspecified atom stereocenters. The summed E-state index contributed by atoms with van der Waals surface area (Å²) in [5.74, 6) is 3.82. The molecule has 1 aliphatic heterocycles. The topological polar surface area (TPSA) is 49.7 Å². The number of hydrogen-bond acceptors (Lipinski definition) is 3. The number of aliphatic hydroxyl groups excluding tert-OH is 1. The van der Waals surface area contributed by atoms with Crippen molar-refractivity contribution in [2.75, 3.05) is 6.54 Å². The number of fused-ring (bicyclic) bond motifs is 5. The van der Waals surface area contributed by atoms with Crippen molar-refractivity contribution in [2.24, 2.45) is 51.3 Å². The quantitative estimate of drug-likeness (QED) is 0.613. The third-order valence-corrected chi connectivity index (χ3v) is 10.6. The molecule has 3 saturated carbocycles. The molecule has 1 heterocycles. The van der Waals surface area contributed by atoms with Gasteiger partial charge < -0.3 is 5.11 Å². The van der Waals surface area contributed by atoms with Gasteiger partial charge in [-0.25, -0.2) is 0 Å². The lowest BCUT2D eigenvalue weighted by Gasteiger charge is -2.58. The van der Waals surface area contributed by atoms with E-state index in [0.29, 0.717) is 28.4 Å². The summed E-state index contributed by atoms with van der Waals surface area (Å²) in [6, 6.07) is 0. The van der Waals surface area contributed by atoms with Gasteiger partial charge in [-0.15, -0.1) is 0 Å². The first kappa shape index (κ1) is 20.9. The standard InChI is InChI=1S/C27H41NO2/c1-16-13-24(28-15-16)25(30)17(2)21-7-8-22-20-6-5-18-14-19(29)9-11-26(18,3)23(20)10-12-27(21,22)4/h5,16-17,19-23,29H,6-15H2,1-4H3/t16?,17-,19-,20?,21+,22?,23?,26-,27+/m0/s1. The maximum Gasteiger partial charge on any atom is 0.179 e. The maximum absolute atomic E-state index is 13.3. The fourth-order valence-corrected chi connectivity index (χ4v) is 8.85. The maximum atomic E-state index is 13.3. The smallest absolute Gasteiger partial charge is 0.179 e. The molecule has 0 spiro atoms. The van der Waals surface area contributed by atoms with E-state index in [-0.39, 0.29) is 12.0 Å². The Hall–Kier alpha value is -0.960. The number of aliphatic hydroxyl groups is 1. The highest BCUT2D eigenvalue weighted by atomic mass is 16.3. The van der Waals surface area contributed by atoms with Crippen molar-refractivity contribution in [1.82, 2.24) is 0 Å². The van der Waals surface area contributed by atoms with Gasteiger partial charge in [-0.3, -0.25) is 9.79 Å². The average Bonchev–Trinajstić information content (AvgIpc) is 3.30. The van der Waals surface area contributed by atoms with Crippen LogP contribution in [0.2, 0.25) is 0 Å². The fourth-order valence-electron chi connectivity index (χ4n) is 8.85. The van der Waals surface area contributed by atoms with E-state index in [1.165, 1.54) is 32.1 Å². The van der Waals surface area contributed by atoms with Crippen LogP contribution < -0.4 is 0 Å². The summed E-state index contributed by atoms with van der Waals surface area (Å²) >= 11 is 0. The van der Waals surface area contributed by atoms with Crippen molar-refractivity contribution in [2.45, 2.75) is 91.6 Å². The van der Waals surface area contributed by atoms with Crippen LogP contribution in [-0.4, -0.2) is 29.3 Å². The van der Waals surface area contributed by atoms with Gasteiger partial charge in [0.05, 0.1) is 11.8 Å². The van der Waals surface area contributed by atoms with E-state index in [1.54, 1.807) is 5.57 Å². The van der Waals surface area contributed by atoms with Gasteiger partial charge in [0.1, 0.15) is 0 Å². The molecule has 5 aliphatic rings. The Morgan fingerprint density at radius 3 is 2.67 bits per heavy atom. The molecule has 0 aromatic heterocycles. The van der Waals surface area contributed by atoms with E-state index in [4.69, 9.17) is 0 Å². The molecule has 3 nitrogen and oxygen atoms in total. The van der Waals surface area contributed by atoms with E-state index in [2.05, 4.69) is 38.8 Å². The predicted molar refractivity (Wildman–Crippen MR) is 121 cm³/mol. The van der Waals surface area contributed by atoms with Crippen molar-refractivity contribution >= 4 is 11.5 Å². The summed E-state index contributed by atoms with van der Waals surface area (Å²) < 4.78 is 0. The molecule has 166 valence electrons. The number of carbonyl (C=O) groups excluding carboxylic acids is 1. The van der Waals surface area contributed by atoms with Gasteiger partial charge in [-0.1, -0.05) is 39.3 Å². The highest BCUT2D eigenvalue weighted by Crippen LogP contribution is 2.67. The van der Waals surface area contributed by atoms with Crippen molar-refractivity contribution < 1.29 is 9.90 Å². The van der Waals surface area contributed by atoms with E-state index >= 15 is 0 Å². The number of rotatable bonds is 3. The van der Waals surface area contributed by atoms with Crippen LogP contribution in [0.1, 0.15) is 85.5 Å². The van der Waals surface area contributed by atoms with Crippen molar-refractivity contribution in [3.8, 4) is 0 Å². The van der Waals surface area contributed by atoms with Gasteiger partial charge >= 0.3 is 0 Å². The lowest BCUT2D eigenvalue weighted by atomic mass is 9.47. The lowest BCUT2D eigenvalue weighted by molar-refractivity contribution is -0.120. The predicted octanol–water partition coefficient (Wildman–Crippen LogP) is 5.61. The summed E-state index contributed by atoms with van der Waals surface area (Å²) in [5.41, 5.74) is 3.04. The Bertz CT molecular complexity index is 784. The molecule has 1 N–H and O–H groups in total. The number of carbonyl (C=O) groups is 1. The summed E-state index contributed by atoms with van der Waals surface area (Å²) in [6.45, 7) is 10.3. The molecule has 9 atom stereocenters. The molecule has 0 saturated heterocycles. The minimum atomic E-state index is -0.126. The second kappa shape index (κ2) is 7.29. The van der Waals surface area contributed by atoms with Crippen LogP contribution in [0.5, 0.6) is 0 Å². The summed E-state index contributed by atoms with van der Waals surface area (Å²) in [6.07, 6.45) is 12.6. The first-order valence-corrected chi connectivity index (χ1v) is 12.7. The third kappa shape index (κ3) is 3.01. The van der Waals surface area contributed by atoms with Crippen LogP contribution in [0.4, 0.5) is 0 Å². The lowest BCUT2D eigenvalue weighted by Crippen LogP contribution is -2.51. The fraction of sp³-hybridized carbons (Fsp3) is 0.852. The number of hydrogen-bond donors (Lipinski definition) is 1. The molecular formula is C27H41NO2. The first-order chi connectivity index (χ1) is 14.2. The SMILES string of the molecule is CC1CN=C(C(=O)[C@@H](C)[C@H]2CCC3C4CC=C5C[C@@H](O)CC[C@]5(C)C4CC[C@@]32C)C1. The second-order valence-corrected chi connectivity index (χ2v) is 12.1. The molecule has 30 heavy (non-hydrogen) atoms. The zero-order valence-electron chi connectivity index (χ0n) is 19.5. The molecule has 3 heteroatoms. The Balaban J connectivity index is 1.37. The Kier molecular flexibility index (Phi) is 5.08. The molecule has 0 aromatic rings. The van der Waals surface area contributed by atoms with Crippen molar-refractivity contribution in [3.63, 3.8) is 0 Å². The van der Waals surface area contributed by atoms with Crippen LogP contribution in [-0.2, 0) is 4.79 Å². The van der Waals surface area contributed by atoms with Gasteiger partial charge in [-0.2, -0.15) is 0 Å². The van der Waals surface area contributed by atoms with Gasteiger partial charge in [0.25, 0.3) is 0 Å². The zero-order valence-corrected chi connectivity index (χ0v) is 19.5. The number of nitrogens with zero attached hydrogens (tertiary/aromatic N) is 1. The Labute approximate surface area is 182 Å². The molecule has 0 radical (unpaired) electrons. The Morgan fingerprint density at radius 1 is 1.13 bits per heavy atom. The normalized spacial score (nSPS) is 48.8. The largest absolute Gasteiger partial charge is 0.393 e. The van der Waals surface area contributed by atoms with Crippen LogP contribution in [0.15, 0.2) is 16.6 Å². The van der Waals surface area contributed by atoms with Gasteiger partial charge in [0.15, 0.2) is 5.78 Å². The number of ketones is 1.